The normalized spacial score (nSPS) is 16.3. The molecule has 1 aromatic rings. The highest BCUT2D eigenvalue weighted by molar-refractivity contribution is 5.96. The van der Waals surface area contributed by atoms with Crippen LogP contribution in [0.1, 0.15) is 0 Å². The highest BCUT2D eigenvalue weighted by Crippen LogP contribution is 2.27. The number of morpholine rings is 1. The van der Waals surface area contributed by atoms with Crippen molar-refractivity contribution in [3.05, 3.63) is 12.1 Å². The lowest BCUT2D eigenvalue weighted by molar-refractivity contribution is -0.125. The maximum Gasteiger partial charge on any atom is 0.253 e. The monoisotopic (exact) mass is 223 g/mol. The molecule has 1 saturated heterocycles. The summed E-state index contributed by atoms with van der Waals surface area (Å²) in [6, 6.07) is 3.37. The van der Waals surface area contributed by atoms with Gasteiger partial charge in [0.15, 0.2) is 0 Å². The average Bonchev–Trinajstić information content (AvgIpc) is 2.30. The van der Waals surface area contributed by atoms with Crippen molar-refractivity contribution in [1.82, 2.24) is 4.98 Å². The minimum atomic E-state index is -0.101. The summed E-state index contributed by atoms with van der Waals surface area (Å²) in [5, 5.41) is 0. The third-order valence-electron chi connectivity index (χ3n) is 2.33. The molecule has 0 aliphatic carbocycles. The highest BCUT2D eigenvalue weighted by atomic mass is 16.5. The summed E-state index contributed by atoms with van der Waals surface area (Å²) in [5.41, 5.74) is 6.18. The molecule has 16 heavy (non-hydrogen) atoms. The quantitative estimate of drug-likeness (QED) is 0.765. The first-order valence-electron chi connectivity index (χ1n) is 4.91. The molecule has 6 heteroatoms. The fraction of sp³-hybridized carbons (Fsp3) is 0.400. The fourth-order valence-corrected chi connectivity index (χ4v) is 1.58. The largest absolute Gasteiger partial charge is 0.479 e. The second kappa shape index (κ2) is 4.36. The third-order valence-corrected chi connectivity index (χ3v) is 2.33. The van der Waals surface area contributed by atoms with Crippen LogP contribution in [0.4, 0.5) is 11.5 Å². The lowest BCUT2D eigenvalue weighted by Gasteiger charge is -2.27. The Hall–Kier alpha value is -1.82. The number of pyridine rings is 1. The van der Waals surface area contributed by atoms with Gasteiger partial charge >= 0.3 is 0 Å². The van der Waals surface area contributed by atoms with Crippen LogP contribution >= 0.6 is 0 Å². The zero-order valence-corrected chi connectivity index (χ0v) is 8.97. The van der Waals surface area contributed by atoms with E-state index in [9.17, 15) is 4.79 Å². The van der Waals surface area contributed by atoms with E-state index in [0.29, 0.717) is 30.5 Å². The number of methoxy groups -OCH3 is 1. The molecule has 86 valence electrons. The van der Waals surface area contributed by atoms with E-state index in [0.717, 1.165) is 0 Å². The number of hydrogen-bond acceptors (Lipinski definition) is 5. The second-order valence-corrected chi connectivity index (χ2v) is 3.36. The van der Waals surface area contributed by atoms with Crippen LogP contribution < -0.4 is 15.4 Å². The average molecular weight is 223 g/mol. The minimum absolute atomic E-state index is 0.0908. The molecule has 0 spiro atoms. The lowest BCUT2D eigenvalue weighted by atomic mass is 10.3. The number of nitrogens with zero attached hydrogens (tertiary/aromatic N) is 2. The van der Waals surface area contributed by atoms with Gasteiger partial charge in [-0.1, -0.05) is 0 Å². The van der Waals surface area contributed by atoms with E-state index in [1.807, 2.05) is 0 Å². The van der Waals surface area contributed by atoms with Crippen molar-refractivity contribution in [3.63, 3.8) is 0 Å². The second-order valence-electron chi connectivity index (χ2n) is 3.36. The Morgan fingerprint density at radius 1 is 1.56 bits per heavy atom. The Labute approximate surface area is 93.0 Å². The number of amides is 1. The van der Waals surface area contributed by atoms with Crippen LogP contribution in [0.5, 0.6) is 5.88 Å². The number of carbonyl (C=O) groups is 1. The summed E-state index contributed by atoms with van der Waals surface area (Å²) in [6.07, 6.45) is 0. The molecule has 6 nitrogen and oxygen atoms in total. The first kappa shape index (κ1) is 10.7. The summed E-state index contributed by atoms with van der Waals surface area (Å²) in [7, 11) is 1.50. The number of nitrogen functional groups attached to an aromatic ring is 1. The maximum atomic E-state index is 11.6. The van der Waals surface area contributed by atoms with Crippen molar-refractivity contribution in [1.29, 1.82) is 0 Å². The van der Waals surface area contributed by atoms with Crippen molar-refractivity contribution in [2.24, 2.45) is 0 Å². The van der Waals surface area contributed by atoms with Gasteiger partial charge in [0.1, 0.15) is 18.1 Å². The van der Waals surface area contributed by atoms with Crippen LogP contribution in [0.2, 0.25) is 0 Å². The van der Waals surface area contributed by atoms with E-state index in [4.69, 9.17) is 15.2 Å². The minimum Gasteiger partial charge on any atom is -0.479 e. The van der Waals surface area contributed by atoms with Crippen molar-refractivity contribution in [2.75, 3.05) is 37.5 Å². The molecular formula is C10H13N3O3. The summed E-state index contributed by atoms with van der Waals surface area (Å²) >= 11 is 0. The smallest absolute Gasteiger partial charge is 0.253 e. The Morgan fingerprint density at radius 2 is 2.38 bits per heavy atom. The van der Waals surface area contributed by atoms with Crippen LogP contribution in [0.25, 0.3) is 0 Å². The topological polar surface area (TPSA) is 77.7 Å². The van der Waals surface area contributed by atoms with Crippen molar-refractivity contribution >= 4 is 17.4 Å². The molecule has 1 aliphatic rings. The molecule has 1 aliphatic heterocycles. The predicted molar refractivity (Wildman–Crippen MR) is 58.4 cm³/mol. The number of hydrogen-bond donors (Lipinski definition) is 1. The van der Waals surface area contributed by atoms with Gasteiger partial charge in [-0.15, -0.1) is 0 Å². The molecule has 0 aromatic carbocycles. The molecule has 0 radical (unpaired) electrons. The van der Waals surface area contributed by atoms with Crippen LogP contribution in [0, 0.1) is 0 Å². The van der Waals surface area contributed by atoms with Crippen molar-refractivity contribution in [2.45, 2.75) is 0 Å². The molecular weight excluding hydrogens is 210 g/mol. The van der Waals surface area contributed by atoms with Gasteiger partial charge in [-0.3, -0.25) is 4.79 Å². The molecule has 1 fully saturated rings. The number of aromatic nitrogens is 1. The zero-order chi connectivity index (χ0) is 11.5. The van der Waals surface area contributed by atoms with E-state index in [1.165, 1.54) is 7.11 Å². The van der Waals surface area contributed by atoms with Gasteiger partial charge in [-0.2, -0.15) is 4.98 Å². The Kier molecular flexibility index (Phi) is 2.91. The highest BCUT2D eigenvalue weighted by Gasteiger charge is 2.23. The molecule has 0 saturated carbocycles. The summed E-state index contributed by atoms with van der Waals surface area (Å²) in [5.74, 6) is 0.618. The first-order valence-corrected chi connectivity index (χ1v) is 4.91. The number of ether oxygens (including phenoxy) is 2. The molecule has 0 bridgehead atoms. The van der Waals surface area contributed by atoms with E-state index >= 15 is 0 Å². The Balaban J connectivity index is 2.34. The number of rotatable bonds is 2. The van der Waals surface area contributed by atoms with Crippen LogP contribution in [-0.2, 0) is 9.53 Å². The van der Waals surface area contributed by atoms with Gasteiger partial charge in [0.25, 0.3) is 5.91 Å². The van der Waals surface area contributed by atoms with Gasteiger partial charge in [0, 0.05) is 6.54 Å². The summed E-state index contributed by atoms with van der Waals surface area (Å²) in [6.45, 7) is 1.10. The molecule has 2 heterocycles. The van der Waals surface area contributed by atoms with E-state index in [-0.39, 0.29) is 12.5 Å². The van der Waals surface area contributed by atoms with Gasteiger partial charge in [0.05, 0.1) is 13.7 Å². The molecule has 2 N–H and O–H groups in total. The molecule has 0 unspecified atom stereocenters. The molecule has 1 amide bonds. The van der Waals surface area contributed by atoms with E-state index < -0.39 is 0 Å². The Morgan fingerprint density at radius 3 is 3.06 bits per heavy atom. The lowest BCUT2D eigenvalue weighted by Crippen LogP contribution is -2.41. The summed E-state index contributed by atoms with van der Waals surface area (Å²) < 4.78 is 10.2. The number of carbonyl (C=O) groups excluding carboxylic acids is 1. The first-order chi connectivity index (χ1) is 7.72. The molecule has 2 rings (SSSR count). The molecule has 1 aromatic heterocycles. The fourth-order valence-electron chi connectivity index (χ4n) is 1.58. The van der Waals surface area contributed by atoms with E-state index in [1.54, 1.807) is 17.0 Å². The van der Waals surface area contributed by atoms with Crippen LogP contribution in [0.15, 0.2) is 12.1 Å². The van der Waals surface area contributed by atoms with Crippen LogP contribution in [-0.4, -0.2) is 37.8 Å². The van der Waals surface area contributed by atoms with Gasteiger partial charge in [-0.05, 0) is 12.1 Å². The molecule has 0 atom stereocenters. The van der Waals surface area contributed by atoms with Gasteiger partial charge in [0.2, 0.25) is 5.88 Å². The third kappa shape index (κ3) is 1.92. The predicted octanol–water partition coefficient (Wildman–Crippen LogP) is 0.0356. The maximum absolute atomic E-state index is 11.6. The number of anilines is 2. The van der Waals surface area contributed by atoms with Crippen molar-refractivity contribution < 1.29 is 14.3 Å². The summed E-state index contributed by atoms with van der Waals surface area (Å²) in [4.78, 5) is 17.2. The standard InChI is InChI=1S/C10H13N3O3/c1-15-10-7(2-3-8(11)12-10)13-4-5-16-6-9(13)14/h2-3H,4-6H2,1H3,(H2,11,12). The van der Waals surface area contributed by atoms with Crippen molar-refractivity contribution in [3.8, 4) is 5.88 Å². The van der Waals surface area contributed by atoms with E-state index in [2.05, 4.69) is 4.98 Å². The number of nitrogens with two attached hydrogens (primary N) is 1. The van der Waals surface area contributed by atoms with Gasteiger partial charge in [-0.25, -0.2) is 0 Å². The zero-order valence-electron chi connectivity index (χ0n) is 8.97. The van der Waals surface area contributed by atoms with Crippen LogP contribution in [0.3, 0.4) is 0 Å². The SMILES string of the molecule is COc1nc(N)ccc1N1CCOCC1=O. The Bertz CT molecular complexity index is 408. The van der Waals surface area contributed by atoms with Gasteiger partial charge < -0.3 is 20.1 Å².